The largest absolute Gasteiger partial charge is 0.507 e. The van der Waals surface area contributed by atoms with E-state index in [4.69, 9.17) is 4.55 Å². The Balaban J connectivity index is 2.26. The van der Waals surface area contributed by atoms with Gasteiger partial charge in [-0.25, -0.2) is 0 Å². The monoisotopic (exact) mass is 268 g/mol. The van der Waals surface area contributed by atoms with E-state index < -0.39 is 10.1 Å². The number of fused-ring (bicyclic) bond motifs is 1. The third kappa shape index (κ3) is 2.96. The van der Waals surface area contributed by atoms with Crippen molar-refractivity contribution in [2.24, 2.45) is 0 Å². The van der Waals surface area contributed by atoms with E-state index in [0.717, 1.165) is 5.52 Å². The molecule has 0 bridgehead atoms. The number of aryl methyl sites for hydroxylation is 1. The topological polar surface area (TPSA) is 78.5 Å². The van der Waals surface area contributed by atoms with Crippen molar-refractivity contribution in [1.82, 2.24) is 0 Å². The maximum atomic E-state index is 10.6. The molecule has 1 heterocycles. The number of rotatable bonds is 4. The average molecular weight is 268 g/mol. The molecule has 0 fully saturated rings. The summed E-state index contributed by atoms with van der Waals surface area (Å²) in [6.45, 7) is 0.459. The molecule has 18 heavy (non-hydrogen) atoms. The lowest BCUT2D eigenvalue weighted by molar-refractivity contribution is -0.671. The summed E-state index contributed by atoms with van der Waals surface area (Å²) in [6, 6.07) is 8.77. The first-order valence-corrected chi connectivity index (χ1v) is 7.13. The van der Waals surface area contributed by atoms with Gasteiger partial charge in [0, 0.05) is 18.6 Å². The number of phenolic OH excluding ortho intramolecular Hbond substituents is 1. The predicted octanol–water partition coefficient (Wildman–Crippen LogP) is 1.11. The average Bonchev–Trinajstić information content (AvgIpc) is 2.29. The lowest BCUT2D eigenvalue weighted by atomic mass is 10.2. The van der Waals surface area contributed by atoms with E-state index in [0.29, 0.717) is 18.4 Å². The molecular weight excluding hydrogens is 254 g/mol. The first-order chi connectivity index (χ1) is 8.47. The molecule has 1 aromatic heterocycles. The van der Waals surface area contributed by atoms with Crippen LogP contribution in [0.25, 0.3) is 10.9 Å². The maximum absolute atomic E-state index is 10.6. The minimum atomic E-state index is -3.92. The molecule has 5 nitrogen and oxygen atoms in total. The van der Waals surface area contributed by atoms with Gasteiger partial charge in [0.2, 0.25) is 5.52 Å². The van der Waals surface area contributed by atoms with Crippen LogP contribution in [0.5, 0.6) is 5.75 Å². The Hall–Kier alpha value is -1.66. The molecule has 0 aliphatic carbocycles. The van der Waals surface area contributed by atoms with Crippen molar-refractivity contribution in [1.29, 1.82) is 0 Å². The van der Waals surface area contributed by atoms with Crippen molar-refractivity contribution in [2.45, 2.75) is 13.0 Å². The van der Waals surface area contributed by atoms with Gasteiger partial charge in [0.15, 0.2) is 6.20 Å². The zero-order valence-electron chi connectivity index (χ0n) is 9.65. The number of phenols is 1. The molecule has 0 spiro atoms. The highest BCUT2D eigenvalue weighted by Crippen LogP contribution is 2.20. The van der Waals surface area contributed by atoms with E-state index >= 15 is 0 Å². The molecule has 0 radical (unpaired) electrons. The van der Waals surface area contributed by atoms with Gasteiger partial charge in [-0.3, -0.25) is 4.55 Å². The molecule has 0 unspecified atom stereocenters. The number of pyridine rings is 1. The molecule has 0 aliphatic heterocycles. The zero-order valence-corrected chi connectivity index (χ0v) is 10.5. The molecule has 0 saturated heterocycles. The smallest absolute Gasteiger partial charge is 0.265 e. The molecule has 2 N–H and O–H groups in total. The summed E-state index contributed by atoms with van der Waals surface area (Å²) in [4.78, 5) is 0. The third-order valence-electron chi connectivity index (χ3n) is 2.70. The van der Waals surface area contributed by atoms with Gasteiger partial charge in [-0.15, -0.1) is 0 Å². The molecule has 0 atom stereocenters. The highest BCUT2D eigenvalue weighted by atomic mass is 32.2. The first kappa shape index (κ1) is 12.8. The van der Waals surface area contributed by atoms with Gasteiger partial charge in [0.25, 0.3) is 10.1 Å². The van der Waals surface area contributed by atoms with Gasteiger partial charge < -0.3 is 5.11 Å². The van der Waals surface area contributed by atoms with Gasteiger partial charge in [0.1, 0.15) is 12.3 Å². The van der Waals surface area contributed by atoms with Crippen LogP contribution in [0.2, 0.25) is 0 Å². The molecular formula is C12H14NO4S+. The van der Waals surface area contributed by atoms with Gasteiger partial charge >= 0.3 is 0 Å². The number of hydrogen-bond donors (Lipinski definition) is 2. The quantitative estimate of drug-likeness (QED) is 0.643. The SMILES string of the molecule is O=S(=O)(O)CCC[n+]1cccc2c(O)cccc21. The van der Waals surface area contributed by atoms with Crippen molar-refractivity contribution in [2.75, 3.05) is 5.75 Å². The van der Waals surface area contributed by atoms with E-state index in [9.17, 15) is 13.5 Å². The minimum absolute atomic E-state index is 0.191. The highest BCUT2D eigenvalue weighted by molar-refractivity contribution is 7.85. The fourth-order valence-electron chi connectivity index (χ4n) is 1.90. The first-order valence-electron chi connectivity index (χ1n) is 5.53. The van der Waals surface area contributed by atoms with Crippen LogP contribution in [0.1, 0.15) is 6.42 Å². The molecule has 0 amide bonds. The van der Waals surface area contributed by atoms with E-state index in [1.54, 1.807) is 24.3 Å². The normalized spacial score (nSPS) is 11.8. The van der Waals surface area contributed by atoms with Gasteiger partial charge in [-0.05, 0) is 12.1 Å². The Morgan fingerprint density at radius 3 is 2.67 bits per heavy atom. The standard InChI is InChI=1S/C12H13NO4S/c14-12-6-1-5-11-10(12)4-2-7-13(11)8-3-9-18(15,16)17/h1-2,4-7H,3,8-9H2,(H,15,16,17)/p+1. The molecule has 1 aromatic carbocycles. The lowest BCUT2D eigenvalue weighted by Gasteiger charge is -2.02. The van der Waals surface area contributed by atoms with Crippen molar-refractivity contribution in [3.8, 4) is 5.75 Å². The van der Waals surface area contributed by atoms with Crippen LogP contribution in [-0.2, 0) is 16.7 Å². The van der Waals surface area contributed by atoms with Crippen LogP contribution >= 0.6 is 0 Å². The summed E-state index contributed by atoms with van der Waals surface area (Å²) >= 11 is 0. The van der Waals surface area contributed by atoms with Crippen molar-refractivity contribution in [3.05, 3.63) is 36.5 Å². The highest BCUT2D eigenvalue weighted by Gasteiger charge is 2.12. The summed E-state index contributed by atoms with van der Waals surface area (Å²) < 4.78 is 31.8. The van der Waals surface area contributed by atoms with E-state index in [1.807, 2.05) is 16.8 Å². The Labute approximate surface area is 105 Å². The molecule has 2 rings (SSSR count). The number of nitrogens with zero attached hydrogens (tertiary/aromatic N) is 1. The molecule has 2 aromatic rings. The zero-order chi connectivity index (χ0) is 13.2. The van der Waals surface area contributed by atoms with Crippen molar-refractivity contribution < 1.29 is 22.6 Å². The van der Waals surface area contributed by atoms with Crippen LogP contribution in [-0.4, -0.2) is 23.8 Å². The van der Waals surface area contributed by atoms with E-state index in [2.05, 4.69) is 0 Å². The summed E-state index contributed by atoms with van der Waals surface area (Å²) in [7, 11) is -3.92. The molecule has 96 valence electrons. The van der Waals surface area contributed by atoms with E-state index in [-0.39, 0.29) is 11.5 Å². The Kier molecular flexibility index (Phi) is 3.49. The van der Waals surface area contributed by atoms with Crippen LogP contribution in [0, 0.1) is 0 Å². The fourth-order valence-corrected chi connectivity index (χ4v) is 2.39. The summed E-state index contributed by atoms with van der Waals surface area (Å²) in [5, 5.41) is 10.4. The van der Waals surface area contributed by atoms with Crippen molar-refractivity contribution in [3.63, 3.8) is 0 Å². The second-order valence-corrected chi connectivity index (χ2v) is 5.62. The summed E-state index contributed by atoms with van der Waals surface area (Å²) in [5.74, 6) is -0.0773. The Morgan fingerprint density at radius 2 is 1.94 bits per heavy atom. The predicted molar refractivity (Wildman–Crippen MR) is 66.8 cm³/mol. The van der Waals surface area contributed by atoms with Gasteiger partial charge in [-0.2, -0.15) is 13.0 Å². The van der Waals surface area contributed by atoms with Gasteiger partial charge in [0.05, 0.1) is 11.1 Å². The van der Waals surface area contributed by atoms with E-state index in [1.165, 1.54) is 0 Å². The second-order valence-electron chi connectivity index (χ2n) is 4.05. The number of hydrogen-bond acceptors (Lipinski definition) is 3. The maximum Gasteiger partial charge on any atom is 0.265 e. The van der Waals surface area contributed by atoms with Crippen molar-refractivity contribution >= 4 is 21.0 Å². The molecule has 0 aliphatic rings. The lowest BCUT2D eigenvalue weighted by Crippen LogP contribution is -2.34. The number of aromatic hydroxyl groups is 1. The third-order valence-corrected chi connectivity index (χ3v) is 3.50. The second kappa shape index (κ2) is 4.91. The summed E-state index contributed by atoms with van der Waals surface area (Å²) in [6.07, 6.45) is 2.13. The molecule has 6 heteroatoms. The summed E-state index contributed by atoms with van der Waals surface area (Å²) in [5.41, 5.74) is 0.827. The van der Waals surface area contributed by atoms with Gasteiger partial charge in [-0.1, -0.05) is 6.07 Å². The van der Waals surface area contributed by atoms with Crippen LogP contribution in [0.15, 0.2) is 36.5 Å². The van der Waals surface area contributed by atoms with Crippen LogP contribution in [0.3, 0.4) is 0 Å². The number of aromatic nitrogens is 1. The Morgan fingerprint density at radius 1 is 1.17 bits per heavy atom. The number of benzene rings is 1. The van der Waals surface area contributed by atoms with Crippen LogP contribution < -0.4 is 4.57 Å². The van der Waals surface area contributed by atoms with Crippen LogP contribution in [0.4, 0.5) is 0 Å². The molecule has 0 saturated carbocycles. The minimum Gasteiger partial charge on any atom is -0.507 e. The fraction of sp³-hybridized carbons (Fsp3) is 0.250. The Bertz CT molecular complexity index is 667.